The van der Waals surface area contributed by atoms with E-state index in [2.05, 4.69) is 222 Å². The zero-order chi connectivity index (χ0) is 80.2. The van der Waals surface area contributed by atoms with Crippen molar-refractivity contribution in [3.63, 3.8) is 0 Å². The molecule has 8 bridgehead atoms. The molecule has 8 aliphatic rings. The predicted octanol–water partition coefficient (Wildman–Crippen LogP) is 22.6. The van der Waals surface area contributed by atoms with E-state index < -0.39 is 11.6 Å². The summed E-state index contributed by atoms with van der Waals surface area (Å²) in [6.45, 7) is 5.93. The molecule has 0 saturated carbocycles. The Morgan fingerprint density at radius 3 is 1.16 bits per heavy atom. The topological polar surface area (TPSA) is 183 Å². The van der Waals surface area contributed by atoms with Gasteiger partial charge in [-0.15, -0.1) is 0 Å². The molecule has 14 nitrogen and oxygen atoms in total. The number of nitrogens with zero attached hydrogens (tertiary/aromatic N) is 3. The number of aromatic nitrogens is 6. The van der Waals surface area contributed by atoms with Crippen molar-refractivity contribution in [1.29, 1.82) is 0 Å². The van der Waals surface area contributed by atoms with Gasteiger partial charge in [-0.2, -0.15) is 0 Å². The first-order valence-electron chi connectivity index (χ1n) is 39.5. The highest BCUT2D eigenvalue weighted by Gasteiger charge is 2.26. The lowest BCUT2D eigenvalue weighted by Gasteiger charge is -2.15. The Morgan fingerprint density at radius 2 is 0.681 bits per heavy atom. The first-order chi connectivity index (χ1) is 56.7. The van der Waals surface area contributed by atoms with Gasteiger partial charge in [0, 0.05) is 66.8 Å². The number of nitrogens with one attached hydrogen (secondary N) is 3. The van der Waals surface area contributed by atoms with E-state index in [1.807, 2.05) is 50.2 Å². The molecule has 3 aromatic heterocycles. The van der Waals surface area contributed by atoms with Crippen molar-refractivity contribution < 1.29 is 38.1 Å². The molecular formula is C102H92N6O8. The van der Waals surface area contributed by atoms with Crippen molar-refractivity contribution in [2.24, 2.45) is 0 Å². The third-order valence-electron chi connectivity index (χ3n) is 22.1. The monoisotopic (exact) mass is 1530 g/mol. The predicted molar refractivity (Wildman–Crippen MR) is 464 cm³/mol. The van der Waals surface area contributed by atoms with Gasteiger partial charge >= 0.3 is 0 Å². The summed E-state index contributed by atoms with van der Waals surface area (Å²) >= 11 is 0. The Balaban J connectivity index is 0.000000156. The number of rotatable bonds is 18. The van der Waals surface area contributed by atoms with Crippen LogP contribution in [0.1, 0.15) is 105 Å². The molecule has 3 N–H and O–H groups in total. The standard InChI is InChI=1S/C52H48N4O3.C32H26N2O.C18H18O4/c1-33-29-40(25-27-44(33)57-2)49-50(41-26-28-45(58-3)46(32-41)59-4)56-52(55-49)43-31-35-14-11-13-34-21-23-36(19-12-20-37(43)24-22-35)42(30-34)51-53-47(38-15-7-5-8-16-38)48(54-51)39-17-9-6-10-18-39;35-21-28-19-22-11-12-23-14-16-25(18-17-24(28)15-13-22)29(20-23)32-33-30(26-7-3-1-4-8-26)31(34-32)27-9-5-2-6-10-27;1-11-5-6-13(9-12(11)2)17(19)18(20)14-7-8-15(21-3)16(10-14)22-4/h5-10,15-18,21-32H,11-14,19-20H2,1-4H3,(H,53,54)(H,55,56);1-10,13-16,19-21H,11-12,17-18H2,(H,33,34);5-10H,1-4H3. The van der Waals surface area contributed by atoms with E-state index in [0.717, 1.165) is 200 Å². The molecule has 0 aliphatic heterocycles. The lowest BCUT2D eigenvalue weighted by molar-refractivity contribution is 0.0816. The second kappa shape index (κ2) is 35.5. The van der Waals surface area contributed by atoms with Gasteiger partial charge in [-0.25, -0.2) is 15.0 Å². The number of ether oxygens (including phenoxy) is 5. The largest absolute Gasteiger partial charge is 0.496 e. The fourth-order valence-electron chi connectivity index (χ4n) is 15.6. The summed E-state index contributed by atoms with van der Waals surface area (Å²) in [5.74, 6) is 4.67. The minimum atomic E-state index is -0.566. The molecule has 0 unspecified atom stereocenters. The van der Waals surface area contributed by atoms with E-state index in [1.54, 1.807) is 45.6 Å². The Hall–Kier alpha value is -13.7. The van der Waals surface area contributed by atoms with Gasteiger partial charge in [0.15, 0.2) is 23.0 Å². The maximum absolute atomic E-state index is 12.4. The van der Waals surface area contributed by atoms with Crippen LogP contribution in [-0.2, 0) is 51.4 Å². The van der Waals surface area contributed by atoms with E-state index in [4.69, 9.17) is 38.6 Å². The third-order valence-corrected chi connectivity index (χ3v) is 22.1. The number of methoxy groups -OCH3 is 5. The molecule has 23 rings (SSSR count). The number of aromatic amines is 3. The van der Waals surface area contributed by atoms with E-state index >= 15 is 0 Å². The van der Waals surface area contributed by atoms with Crippen LogP contribution in [0.15, 0.2) is 267 Å². The van der Waals surface area contributed by atoms with Crippen molar-refractivity contribution in [2.45, 2.75) is 85.0 Å². The van der Waals surface area contributed by atoms with Crippen LogP contribution in [-0.4, -0.2) is 83.3 Å². The number of hydrogen-bond acceptors (Lipinski definition) is 11. The SMILES string of the molecule is COc1ccc(-c2nc(-c3cc4ccc3CCCc3ccc(cc3-c3nc(-c5ccccc5)c(-c5ccccc5)[nH]3)CCC4)[nH]c2-c2ccc(OC)c(OC)c2)cc1C.COc1ccc(C(=O)C(=O)c2ccc(C)c(C)c2)cc1OC.O=Cc1cc2ccc1CCc1ccc(cc1-c1nc(-c3ccccc3)c(-c3ccccc3)[nH]1)CC2. The molecule has 3 heterocycles. The van der Waals surface area contributed by atoms with Crippen molar-refractivity contribution in [3.8, 4) is 130 Å². The summed E-state index contributed by atoms with van der Waals surface area (Å²) in [6, 6.07) is 91.1. The number of ketones is 2. The zero-order valence-electron chi connectivity index (χ0n) is 66.7. The zero-order valence-corrected chi connectivity index (χ0v) is 66.7. The molecule has 0 saturated heterocycles. The molecule has 0 atom stereocenters. The number of Topliss-reactive ketones (excluding diaryl/α,β-unsaturated/α-hetero) is 2. The normalized spacial score (nSPS) is 12.2. The van der Waals surface area contributed by atoms with Gasteiger partial charge in [0.05, 0.1) is 69.7 Å². The molecule has 0 fully saturated rings. The van der Waals surface area contributed by atoms with Gasteiger partial charge in [-0.05, 0) is 231 Å². The highest BCUT2D eigenvalue weighted by molar-refractivity contribution is 6.49. The van der Waals surface area contributed by atoms with Crippen molar-refractivity contribution in [2.75, 3.05) is 35.5 Å². The van der Waals surface area contributed by atoms with Crippen LogP contribution in [0.5, 0.6) is 28.7 Å². The lowest BCUT2D eigenvalue weighted by Crippen LogP contribution is -2.15. The molecule has 116 heavy (non-hydrogen) atoms. The number of carbonyl (C=O) groups is 3. The Morgan fingerprint density at radius 1 is 0.302 bits per heavy atom. The lowest BCUT2D eigenvalue weighted by atomic mass is 9.91. The second-order valence-electron chi connectivity index (χ2n) is 29.5. The molecule has 14 heteroatoms. The summed E-state index contributed by atoms with van der Waals surface area (Å²) < 4.78 is 27.2. The van der Waals surface area contributed by atoms with Crippen molar-refractivity contribution in [1.82, 2.24) is 29.9 Å². The number of H-pyrrole nitrogens is 3. The van der Waals surface area contributed by atoms with Crippen LogP contribution in [0.3, 0.4) is 0 Å². The summed E-state index contributed by atoms with van der Waals surface area (Å²) in [7, 11) is 8.03. The number of benzene rings is 12. The fourth-order valence-corrected chi connectivity index (χ4v) is 15.6. The van der Waals surface area contributed by atoms with Crippen LogP contribution in [0, 0.1) is 20.8 Å². The summed E-state index contributed by atoms with van der Waals surface area (Å²) in [4.78, 5) is 63.6. The van der Waals surface area contributed by atoms with Gasteiger partial charge in [0.2, 0.25) is 11.6 Å². The molecule has 8 aliphatic carbocycles. The summed E-state index contributed by atoms with van der Waals surface area (Å²) in [5.41, 5.74) is 30.3. The quantitative estimate of drug-likeness (QED) is 0.0422. The van der Waals surface area contributed by atoms with Crippen LogP contribution >= 0.6 is 0 Å². The van der Waals surface area contributed by atoms with Gasteiger partial charge in [0.25, 0.3) is 0 Å². The average molecular weight is 1530 g/mol. The third kappa shape index (κ3) is 17.1. The van der Waals surface area contributed by atoms with Gasteiger partial charge in [-0.1, -0.05) is 182 Å². The molecule has 0 radical (unpaired) electrons. The Bertz CT molecular complexity index is 5950. The highest BCUT2D eigenvalue weighted by Crippen LogP contribution is 2.42. The summed E-state index contributed by atoms with van der Waals surface area (Å²) in [6.07, 6.45) is 10.2. The van der Waals surface area contributed by atoms with Crippen LogP contribution < -0.4 is 23.7 Å². The van der Waals surface area contributed by atoms with Crippen LogP contribution in [0.25, 0.3) is 102 Å². The number of aldehydes is 1. The molecule has 0 amide bonds. The smallest absolute Gasteiger partial charge is 0.233 e. The molecule has 12 aromatic carbocycles. The Kier molecular flexibility index (Phi) is 23.8. The van der Waals surface area contributed by atoms with Crippen molar-refractivity contribution in [3.05, 3.63) is 345 Å². The van der Waals surface area contributed by atoms with Gasteiger partial charge in [-0.3, -0.25) is 14.4 Å². The van der Waals surface area contributed by atoms with Crippen LogP contribution in [0.4, 0.5) is 0 Å². The first-order valence-corrected chi connectivity index (χ1v) is 39.5. The molecule has 15 aromatic rings. The molecule has 578 valence electrons. The fraction of sp³-hybridized carbons (Fsp3) is 0.176. The number of hydrogen-bond donors (Lipinski definition) is 3. The van der Waals surface area contributed by atoms with E-state index in [-0.39, 0.29) is 5.56 Å². The molecule has 0 spiro atoms. The van der Waals surface area contributed by atoms with Crippen molar-refractivity contribution >= 4 is 17.9 Å². The van der Waals surface area contributed by atoms with E-state index in [0.29, 0.717) is 28.6 Å². The average Bonchev–Trinajstić information content (AvgIpc) is 1.63. The summed E-state index contributed by atoms with van der Waals surface area (Å²) in [5, 5.41) is 0. The molecular weight excluding hydrogens is 1440 g/mol. The van der Waals surface area contributed by atoms with Crippen LogP contribution in [0.2, 0.25) is 0 Å². The minimum Gasteiger partial charge on any atom is -0.496 e. The number of aryl methyl sites for hydroxylation is 11. The van der Waals surface area contributed by atoms with Gasteiger partial charge < -0.3 is 38.6 Å². The maximum atomic E-state index is 12.4. The first kappa shape index (κ1) is 77.6. The minimum absolute atomic E-state index is 0.279. The van der Waals surface area contributed by atoms with E-state index in [1.165, 1.54) is 64.8 Å². The Labute approximate surface area is 677 Å². The second-order valence-corrected chi connectivity index (χ2v) is 29.5. The maximum Gasteiger partial charge on any atom is 0.233 e. The number of carbonyl (C=O) groups excluding carboxylic acids is 3. The van der Waals surface area contributed by atoms with Gasteiger partial charge in [0.1, 0.15) is 29.5 Å². The highest BCUT2D eigenvalue weighted by atomic mass is 16.5. The van der Waals surface area contributed by atoms with E-state index in [9.17, 15) is 14.4 Å². The number of imidazole rings is 3.